The number of nitrogens with zero attached hydrogens (tertiary/aromatic N) is 1. The molecule has 1 saturated heterocycles. The minimum absolute atomic E-state index is 0.180. The van der Waals surface area contributed by atoms with Gasteiger partial charge in [0.1, 0.15) is 0 Å². The van der Waals surface area contributed by atoms with Gasteiger partial charge in [-0.15, -0.1) is 0 Å². The molecule has 4 nitrogen and oxygen atoms in total. The Morgan fingerprint density at radius 2 is 2.29 bits per heavy atom. The number of likely N-dealkylation sites (tertiary alicyclic amines) is 1. The second-order valence-electron chi connectivity index (χ2n) is 5.42. The first-order chi connectivity index (χ1) is 8.15. The molecule has 1 heterocycles. The Bertz CT molecular complexity index is 283. The highest BCUT2D eigenvalue weighted by Gasteiger charge is 2.43. The van der Waals surface area contributed by atoms with Gasteiger partial charge in [0.25, 0.3) is 0 Å². The lowest BCUT2D eigenvalue weighted by atomic mass is 9.71. The van der Waals surface area contributed by atoms with Gasteiger partial charge in [0.05, 0.1) is 12.1 Å². The van der Waals surface area contributed by atoms with E-state index in [0.717, 1.165) is 45.3 Å². The van der Waals surface area contributed by atoms with Crippen molar-refractivity contribution in [2.75, 3.05) is 26.2 Å². The van der Waals surface area contributed by atoms with Crippen LogP contribution in [0.15, 0.2) is 0 Å². The molecule has 2 aliphatic rings. The summed E-state index contributed by atoms with van der Waals surface area (Å²) in [5, 5.41) is 13.6. The lowest BCUT2D eigenvalue weighted by molar-refractivity contribution is -0.142. The van der Waals surface area contributed by atoms with Crippen LogP contribution in [0.25, 0.3) is 0 Å². The predicted octanol–water partition coefficient (Wildman–Crippen LogP) is 0.749. The van der Waals surface area contributed by atoms with Crippen molar-refractivity contribution in [3.63, 3.8) is 0 Å². The maximum atomic E-state index is 11.9. The molecule has 2 unspecified atom stereocenters. The zero-order valence-corrected chi connectivity index (χ0v) is 10.7. The standard InChI is InChI=1S/C13H24N2O2/c1-2-14-9-12(16)15-8-7-13(17)6-4-3-5-11(13)10-15/h11,14,17H,2-10H2,1H3. The Morgan fingerprint density at radius 3 is 3.06 bits per heavy atom. The minimum Gasteiger partial charge on any atom is -0.389 e. The summed E-state index contributed by atoms with van der Waals surface area (Å²) in [6, 6.07) is 0. The number of nitrogens with one attached hydrogen (secondary N) is 1. The number of carbonyl (C=O) groups is 1. The van der Waals surface area contributed by atoms with Crippen LogP contribution >= 0.6 is 0 Å². The van der Waals surface area contributed by atoms with Crippen LogP contribution < -0.4 is 5.32 Å². The molecule has 0 spiro atoms. The molecule has 0 aromatic carbocycles. The van der Waals surface area contributed by atoms with Gasteiger partial charge in [0.2, 0.25) is 5.91 Å². The highest BCUT2D eigenvalue weighted by atomic mass is 16.3. The Morgan fingerprint density at radius 1 is 1.47 bits per heavy atom. The Labute approximate surface area is 103 Å². The molecule has 17 heavy (non-hydrogen) atoms. The molecule has 1 amide bonds. The Balaban J connectivity index is 1.90. The van der Waals surface area contributed by atoms with Gasteiger partial charge < -0.3 is 15.3 Å². The summed E-state index contributed by atoms with van der Waals surface area (Å²) in [6.45, 7) is 4.73. The van der Waals surface area contributed by atoms with Gasteiger partial charge in [-0.25, -0.2) is 0 Å². The minimum atomic E-state index is -0.479. The van der Waals surface area contributed by atoms with E-state index in [1.54, 1.807) is 0 Å². The fraction of sp³-hybridized carbons (Fsp3) is 0.923. The molecule has 2 atom stereocenters. The summed E-state index contributed by atoms with van der Waals surface area (Å²) in [6.07, 6.45) is 5.09. The predicted molar refractivity (Wildman–Crippen MR) is 66.6 cm³/mol. The number of piperidine rings is 1. The first-order valence-corrected chi connectivity index (χ1v) is 6.86. The monoisotopic (exact) mass is 240 g/mol. The van der Waals surface area contributed by atoms with E-state index in [1.165, 1.54) is 6.42 Å². The van der Waals surface area contributed by atoms with Crippen molar-refractivity contribution in [3.05, 3.63) is 0 Å². The molecular formula is C13H24N2O2. The van der Waals surface area contributed by atoms with Crippen LogP contribution in [-0.2, 0) is 4.79 Å². The van der Waals surface area contributed by atoms with Gasteiger partial charge in [-0.3, -0.25) is 4.79 Å². The van der Waals surface area contributed by atoms with E-state index in [4.69, 9.17) is 0 Å². The van der Waals surface area contributed by atoms with Crippen LogP contribution in [-0.4, -0.2) is 47.7 Å². The topological polar surface area (TPSA) is 52.6 Å². The van der Waals surface area contributed by atoms with Crippen molar-refractivity contribution in [2.45, 2.75) is 44.6 Å². The molecule has 0 aromatic rings. The van der Waals surface area contributed by atoms with Gasteiger partial charge in [0.15, 0.2) is 0 Å². The largest absolute Gasteiger partial charge is 0.389 e. The maximum Gasteiger partial charge on any atom is 0.236 e. The average molecular weight is 240 g/mol. The van der Waals surface area contributed by atoms with Gasteiger partial charge in [-0.05, 0) is 25.8 Å². The van der Waals surface area contributed by atoms with Gasteiger partial charge in [0, 0.05) is 19.0 Å². The van der Waals surface area contributed by atoms with Gasteiger partial charge >= 0.3 is 0 Å². The SMILES string of the molecule is CCNCC(=O)N1CCC2(O)CCCCC2C1. The first kappa shape index (κ1) is 12.8. The Hall–Kier alpha value is -0.610. The summed E-state index contributed by atoms with van der Waals surface area (Å²) in [5.41, 5.74) is -0.479. The smallest absolute Gasteiger partial charge is 0.236 e. The van der Waals surface area contributed by atoms with Crippen LogP contribution in [0.4, 0.5) is 0 Å². The number of hydrogen-bond acceptors (Lipinski definition) is 3. The summed E-state index contributed by atoms with van der Waals surface area (Å²) in [4.78, 5) is 13.8. The van der Waals surface area contributed by atoms with E-state index in [0.29, 0.717) is 12.5 Å². The van der Waals surface area contributed by atoms with E-state index >= 15 is 0 Å². The lowest BCUT2D eigenvalue weighted by Gasteiger charge is -2.47. The molecule has 1 aliphatic carbocycles. The lowest BCUT2D eigenvalue weighted by Crippen LogP contribution is -2.55. The molecule has 2 rings (SSSR count). The molecule has 1 saturated carbocycles. The van der Waals surface area contributed by atoms with E-state index in [-0.39, 0.29) is 5.91 Å². The molecule has 0 aromatic heterocycles. The van der Waals surface area contributed by atoms with E-state index in [1.807, 2.05) is 11.8 Å². The second-order valence-corrected chi connectivity index (χ2v) is 5.42. The number of carbonyl (C=O) groups excluding carboxylic acids is 1. The summed E-state index contributed by atoms with van der Waals surface area (Å²) in [5.74, 6) is 0.482. The second kappa shape index (κ2) is 5.36. The number of hydrogen-bond donors (Lipinski definition) is 2. The number of rotatable bonds is 3. The summed E-state index contributed by atoms with van der Waals surface area (Å²) < 4.78 is 0. The Kier molecular flexibility index (Phi) is 4.05. The number of likely N-dealkylation sites (N-methyl/N-ethyl adjacent to an activating group) is 1. The molecule has 2 fully saturated rings. The quantitative estimate of drug-likeness (QED) is 0.765. The molecular weight excluding hydrogens is 216 g/mol. The third-order valence-electron chi connectivity index (χ3n) is 4.31. The van der Waals surface area contributed by atoms with E-state index < -0.39 is 5.60 Å². The molecule has 0 radical (unpaired) electrons. The highest BCUT2D eigenvalue weighted by molar-refractivity contribution is 5.78. The van der Waals surface area contributed by atoms with E-state index in [2.05, 4.69) is 5.32 Å². The third kappa shape index (κ3) is 2.80. The molecule has 0 bridgehead atoms. The summed E-state index contributed by atoms with van der Waals surface area (Å²) >= 11 is 0. The van der Waals surface area contributed by atoms with Crippen LogP contribution in [0.1, 0.15) is 39.0 Å². The molecule has 4 heteroatoms. The van der Waals surface area contributed by atoms with Crippen LogP contribution in [0.2, 0.25) is 0 Å². The number of fused-ring (bicyclic) bond motifs is 1. The summed E-state index contributed by atoms with van der Waals surface area (Å²) in [7, 11) is 0. The third-order valence-corrected chi connectivity index (χ3v) is 4.31. The van der Waals surface area contributed by atoms with Crippen LogP contribution in [0.3, 0.4) is 0 Å². The number of aliphatic hydroxyl groups is 1. The average Bonchev–Trinajstić information content (AvgIpc) is 2.34. The molecule has 98 valence electrons. The van der Waals surface area contributed by atoms with E-state index in [9.17, 15) is 9.90 Å². The van der Waals surface area contributed by atoms with Crippen molar-refractivity contribution in [3.8, 4) is 0 Å². The first-order valence-electron chi connectivity index (χ1n) is 6.86. The zero-order chi connectivity index (χ0) is 12.3. The zero-order valence-electron chi connectivity index (χ0n) is 10.7. The van der Waals surface area contributed by atoms with Crippen molar-refractivity contribution < 1.29 is 9.90 Å². The fourth-order valence-corrected chi connectivity index (χ4v) is 3.14. The van der Waals surface area contributed by atoms with Gasteiger partial charge in [-0.2, -0.15) is 0 Å². The normalized spacial score (nSPS) is 33.3. The van der Waals surface area contributed by atoms with Gasteiger partial charge in [-0.1, -0.05) is 19.8 Å². The van der Waals surface area contributed by atoms with Crippen molar-refractivity contribution in [1.82, 2.24) is 10.2 Å². The van der Waals surface area contributed by atoms with Crippen LogP contribution in [0.5, 0.6) is 0 Å². The maximum absolute atomic E-state index is 11.9. The van der Waals surface area contributed by atoms with Crippen molar-refractivity contribution in [2.24, 2.45) is 5.92 Å². The molecule has 1 aliphatic heterocycles. The van der Waals surface area contributed by atoms with Crippen LogP contribution in [0, 0.1) is 5.92 Å². The fourth-order valence-electron chi connectivity index (χ4n) is 3.14. The highest BCUT2D eigenvalue weighted by Crippen LogP contribution is 2.39. The molecule has 2 N–H and O–H groups in total. The van der Waals surface area contributed by atoms with Crippen molar-refractivity contribution in [1.29, 1.82) is 0 Å². The van der Waals surface area contributed by atoms with Crippen molar-refractivity contribution >= 4 is 5.91 Å². The number of amides is 1.